The maximum Gasteiger partial charge on any atom is 0.426 e. The van der Waals surface area contributed by atoms with Crippen LogP contribution in [-0.2, 0) is 9.53 Å². The molecule has 1 saturated carbocycles. The molecule has 1 aliphatic rings. The van der Waals surface area contributed by atoms with Crippen LogP contribution in [0.15, 0.2) is 24.3 Å². The van der Waals surface area contributed by atoms with Crippen molar-refractivity contribution < 1.29 is 14.3 Å². The zero-order valence-corrected chi connectivity index (χ0v) is 11.2. The molecule has 1 aromatic carbocycles. The number of hydrogen-bond acceptors (Lipinski definition) is 3. The molecular weight excluding hydrogens is 268 g/mol. The van der Waals surface area contributed by atoms with Gasteiger partial charge in [-0.1, -0.05) is 29.8 Å². The Hall–Kier alpha value is -1.75. The van der Waals surface area contributed by atoms with E-state index in [-0.39, 0.29) is 24.3 Å². The first-order chi connectivity index (χ1) is 9.13. The number of hydrogen-bond donors (Lipinski definition) is 2. The van der Waals surface area contributed by atoms with Gasteiger partial charge in [0.2, 0.25) is 5.91 Å². The predicted octanol–water partition coefficient (Wildman–Crippen LogP) is 2.22. The van der Waals surface area contributed by atoms with E-state index in [9.17, 15) is 9.59 Å². The third kappa shape index (κ3) is 3.38. The number of carbonyl (C=O) groups excluding carboxylic acids is 2. The van der Waals surface area contributed by atoms with Crippen molar-refractivity contribution in [2.75, 3.05) is 6.61 Å². The second-order valence-corrected chi connectivity index (χ2v) is 4.71. The van der Waals surface area contributed by atoms with Gasteiger partial charge in [0.25, 0.3) is 0 Å². The number of halogens is 1. The Bertz CT molecular complexity index is 493. The van der Waals surface area contributed by atoms with E-state index in [2.05, 4.69) is 15.6 Å². The van der Waals surface area contributed by atoms with Gasteiger partial charge in [0.15, 0.2) is 0 Å². The fourth-order valence-corrected chi connectivity index (χ4v) is 2.25. The van der Waals surface area contributed by atoms with Gasteiger partial charge in [-0.3, -0.25) is 10.2 Å². The first kappa shape index (κ1) is 13.7. The molecule has 2 amide bonds. The van der Waals surface area contributed by atoms with Gasteiger partial charge < -0.3 is 4.74 Å². The lowest BCUT2D eigenvalue weighted by Gasteiger charge is -2.07. The van der Waals surface area contributed by atoms with Crippen molar-refractivity contribution in [3.63, 3.8) is 0 Å². The Morgan fingerprint density at radius 1 is 1.37 bits per heavy atom. The number of ether oxygens (including phenoxy) is 1. The van der Waals surface area contributed by atoms with Gasteiger partial charge in [-0.05, 0) is 30.9 Å². The van der Waals surface area contributed by atoms with Crippen molar-refractivity contribution >= 4 is 23.6 Å². The summed E-state index contributed by atoms with van der Waals surface area (Å²) in [7, 11) is 0. The number of hydrazine groups is 1. The first-order valence-corrected chi connectivity index (χ1v) is 6.48. The number of rotatable bonds is 3. The lowest BCUT2D eigenvalue weighted by Crippen LogP contribution is -2.42. The summed E-state index contributed by atoms with van der Waals surface area (Å²) in [6, 6.07) is 7.47. The molecule has 2 rings (SSSR count). The lowest BCUT2D eigenvalue weighted by atomic mass is 10.1. The third-order valence-corrected chi connectivity index (χ3v) is 3.34. The van der Waals surface area contributed by atoms with Crippen LogP contribution >= 0.6 is 11.6 Å². The van der Waals surface area contributed by atoms with Crippen molar-refractivity contribution in [1.29, 1.82) is 0 Å². The summed E-state index contributed by atoms with van der Waals surface area (Å²) in [4.78, 5) is 22.8. The molecule has 1 aromatic rings. The number of carbonyl (C=O) groups is 2. The molecule has 0 aliphatic heterocycles. The summed E-state index contributed by atoms with van der Waals surface area (Å²) in [5, 5.41) is 0.668. The molecule has 6 heteroatoms. The van der Waals surface area contributed by atoms with E-state index in [1.165, 1.54) is 0 Å². The van der Waals surface area contributed by atoms with Gasteiger partial charge in [0.05, 0.1) is 6.61 Å². The molecule has 0 aromatic heterocycles. The summed E-state index contributed by atoms with van der Waals surface area (Å²) in [6.45, 7) is 1.95. The minimum atomic E-state index is -0.661. The molecular formula is C13H15ClN2O3. The smallest absolute Gasteiger partial charge is 0.426 e. The van der Waals surface area contributed by atoms with Crippen molar-refractivity contribution in [2.45, 2.75) is 19.3 Å². The Labute approximate surface area is 116 Å². The summed E-state index contributed by atoms with van der Waals surface area (Å²) >= 11 is 6.08. The second kappa shape index (κ2) is 5.93. The average Bonchev–Trinajstić information content (AvgIpc) is 3.17. The van der Waals surface area contributed by atoms with E-state index in [4.69, 9.17) is 11.6 Å². The molecule has 19 heavy (non-hydrogen) atoms. The van der Waals surface area contributed by atoms with E-state index in [0.29, 0.717) is 5.02 Å². The van der Waals surface area contributed by atoms with E-state index < -0.39 is 6.09 Å². The zero-order chi connectivity index (χ0) is 13.8. The van der Waals surface area contributed by atoms with E-state index in [1.807, 2.05) is 18.2 Å². The maximum absolute atomic E-state index is 11.8. The molecule has 1 aliphatic carbocycles. The molecule has 0 radical (unpaired) electrons. The highest BCUT2D eigenvalue weighted by atomic mass is 35.5. The molecule has 2 unspecified atom stereocenters. The minimum Gasteiger partial charge on any atom is -0.449 e. The fourth-order valence-electron chi connectivity index (χ4n) is 1.98. The first-order valence-electron chi connectivity index (χ1n) is 6.10. The number of amides is 2. The quantitative estimate of drug-likeness (QED) is 0.836. The van der Waals surface area contributed by atoms with E-state index in [0.717, 1.165) is 12.0 Å². The minimum absolute atomic E-state index is 0.123. The molecule has 1 fully saturated rings. The molecule has 0 bridgehead atoms. The van der Waals surface area contributed by atoms with Crippen molar-refractivity contribution in [3.8, 4) is 0 Å². The van der Waals surface area contributed by atoms with Crippen molar-refractivity contribution in [3.05, 3.63) is 34.9 Å². The summed E-state index contributed by atoms with van der Waals surface area (Å²) in [5.41, 5.74) is 5.51. The molecule has 2 atom stereocenters. The molecule has 2 N–H and O–H groups in total. The highest BCUT2D eigenvalue weighted by molar-refractivity contribution is 6.31. The molecule has 0 heterocycles. The largest absolute Gasteiger partial charge is 0.449 e. The summed E-state index contributed by atoms with van der Waals surface area (Å²) in [5.74, 6) is -0.252. The van der Waals surface area contributed by atoms with Crippen LogP contribution in [0.3, 0.4) is 0 Å². The second-order valence-electron chi connectivity index (χ2n) is 4.30. The zero-order valence-electron chi connectivity index (χ0n) is 10.5. The summed E-state index contributed by atoms with van der Waals surface area (Å²) < 4.78 is 4.64. The van der Waals surface area contributed by atoms with Crippen LogP contribution in [0.25, 0.3) is 0 Å². The van der Waals surface area contributed by atoms with Gasteiger partial charge in [0.1, 0.15) is 0 Å². The van der Waals surface area contributed by atoms with Gasteiger partial charge in [-0.2, -0.15) is 0 Å². The Morgan fingerprint density at radius 2 is 2.11 bits per heavy atom. The number of nitrogens with one attached hydrogen (secondary N) is 2. The molecule has 0 saturated heterocycles. The van der Waals surface area contributed by atoms with Crippen LogP contribution in [-0.4, -0.2) is 18.6 Å². The third-order valence-electron chi connectivity index (χ3n) is 3.00. The predicted molar refractivity (Wildman–Crippen MR) is 70.6 cm³/mol. The standard InChI is InChI=1S/C13H15ClN2O3/c1-2-19-13(18)16-15-12(17)10-7-9(10)8-5-3-4-6-11(8)14/h3-6,9-10H,2,7H2,1H3,(H,15,17)(H,16,18). The van der Waals surface area contributed by atoms with Crippen molar-refractivity contribution in [1.82, 2.24) is 10.9 Å². The van der Waals surface area contributed by atoms with Gasteiger partial charge in [-0.15, -0.1) is 0 Å². The Morgan fingerprint density at radius 3 is 2.79 bits per heavy atom. The van der Waals surface area contributed by atoms with Gasteiger partial charge in [-0.25, -0.2) is 10.2 Å². The monoisotopic (exact) mass is 282 g/mol. The van der Waals surface area contributed by atoms with Crippen LogP contribution in [0, 0.1) is 5.92 Å². The van der Waals surface area contributed by atoms with Crippen LogP contribution in [0.5, 0.6) is 0 Å². The highest BCUT2D eigenvalue weighted by Gasteiger charge is 2.44. The van der Waals surface area contributed by atoms with Crippen LogP contribution in [0.2, 0.25) is 5.02 Å². The van der Waals surface area contributed by atoms with Crippen LogP contribution in [0.1, 0.15) is 24.8 Å². The SMILES string of the molecule is CCOC(=O)NNC(=O)C1CC1c1ccccc1Cl. The van der Waals surface area contributed by atoms with Crippen molar-refractivity contribution in [2.24, 2.45) is 5.92 Å². The van der Waals surface area contributed by atoms with Crippen LogP contribution in [0.4, 0.5) is 4.79 Å². The topological polar surface area (TPSA) is 67.4 Å². The van der Waals surface area contributed by atoms with E-state index in [1.54, 1.807) is 13.0 Å². The number of benzene rings is 1. The molecule has 0 spiro atoms. The maximum atomic E-state index is 11.8. The van der Waals surface area contributed by atoms with Gasteiger partial charge >= 0.3 is 6.09 Å². The fraction of sp³-hybridized carbons (Fsp3) is 0.385. The highest BCUT2D eigenvalue weighted by Crippen LogP contribution is 2.49. The molecule has 102 valence electrons. The van der Waals surface area contributed by atoms with Gasteiger partial charge in [0, 0.05) is 10.9 Å². The average molecular weight is 283 g/mol. The Balaban J connectivity index is 1.84. The Kier molecular flexibility index (Phi) is 4.27. The van der Waals surface area contributed by atoms with E-state index >= 15 is 0 Å². The normalized spacial score (nSPS) is 20.5. The summed E-state index contributed by atoms with van der Waals surface area (Å²) in [6.07, 6.45) is 0.0749. The van der Waals surface area contributed by atoms with Crippen LogP contribution < -0.4 is 10.9 Å². The molecule has 5 nitrogen and oxygen atoms in total. The lowest BCUT2D eigenvalue weighted by molar-refractivity contribution is -0.123.